The number of nitrogens with zero attached hydrogens (tertiary/aromatic N) is 4. The highest BCUT2D eigenvalue weighted by atomic mass is 32.2. The molecule has 7 nitrogen and oxygen atoms in total. The van der Waals surface area contributed by atoms with Crippen molar-refractivity contribution in [2.75, 3.05) is 37.0 Å². The third-order valence-corrected chi connectivity index (χ3v) is 5.34. The molecule has 0 spiro atoms. The van der Waals surface area contributed by atoms with Crippen molar-refractivity contribution in [2.24, 2.45) is 5.14 Å². The van der Waals surface area contributed by atoms with Crippen LogP contribution in [-0.4, -0.2) is 50.8 Å². The Hall–Kier alpha value is -1.41. The van der Waals surface area contributed by atoms with Crippen molar-refractivity contribution < 1.29 is 8.42 Å². The lowest BCUT2D eigenvalue weighted by Gasteiger charge is -2.32. The summed E-state index contributed by atoms with van der Waals surface area (Å²) >= 11 is 0. The Bertz CT molecular complexity index is 596. The van der Waals surface area contributed by atoms with Gasteiger partial charge in [0.25, 0.3) is 0 Å². The maximum absolute atomic E-state index is 11.4. The van der Waals surface area contributed by atoms with E-state index >= 15 is 0 Å². The van der Waals surface area contributed by atoms with Crippen molar-refractivity contribution in [1.82, 2.24) is 9.97 Å². The van der Waals surface area contributed by atoms with E-state index in [1.165, 1.54) is 0 Å². The predicted molar refractivity (Wildman–Crippen MR) is 88.8 cm³/mol. The largest absolute Gasteiger partial charge is 0.356 e. The fraction of sp³-hybridized carbons (Fsp3) is 0.714. The van der Waals surface area contributed by atoms with Crippen molar-refractivity contribution in [1.29, 1.82) is 0 Å². The van der Waals surface area contributed by atoms with E-state index in [2.05, 4.69) is 28.7 Å². The molecular weight excluding hydrogens is 302 g/mol. The van der Waals surface area contributed by atoms with Gasteiger partial charge in [0.1, 0.15) is 5.82 Å². The lowest BCUT2D eigenvalue weighted by molar-refractivity contribution is 0.528. The second kappa shape index (κ2) is 6.37. The number of piperidine rings is 1. The summed E-state index contributed by atoms with van der Waals surface area (Å²) in [5.74, 6) is 1.84. The van der Waals surface area contributed by atoms with Crippen LogP contribution in [0.2, 0.25) is 0 Å². The highest BCUT2D eigenvalue weighted by Crippen LogP contribution is 2.25. The molecule has 1 aliphatic rings. The summed E-state index contributed by atoms with van der Waals surface area (Å²) in [5.41, 5.74) is 0.988. The van der Waals surface area contributed by atoms with Gasteiger partial charge < -0.3 is 9.80 Å². The van der Waals surface area contributed by atoms with Crippen LogP contribution >= 0.6 is 0 Å². The maximum atomic E-state index is 11.4. The van der Waals surface area contributed by atoms with Gasteiger partial charge in [-0.3, -0.25) is 0 Å². The third-order valence-electron chi connectivity index (χ3n) is 3.94. The van der Waals surface area contributed by atoms with Gasteiger partial charge >= 0.3 is 0 Å². The minimum absolute atomic E-state index is 0.308. The molecule has 124 valence electrons. The lowest BCUT2D eigenvalue weighted by atomic mass is 10.1. The fourth-order valence-corrected chi connectivity index (χ4v) is 3.38. The standard InChI is InChI=1S/C14H25N5O2S/c1-10(2)12-9-13(17-14(16-12)18(3)4)19-7-5-11(6-8-19)22(15,20)21/h9-11H,5-8H2,1-4H3,(H2,15,20,21). The average Bonchev–Trinajstić information content (AvgIpc) is 2.46. The van der Waals surface area contributed by atoms with E-state index in [1.54, 1.807) is 0 Å². The Morgan fingerprint density at radius 2 is 1.86 bits per heavy atom. The highest BCUT2D eigenvalue weighted by molar-refractivity contribution is 7.89. The Balaban J connectivity index is 2.22. The molecule has 1 aliphatic heterocycles. The molecule has 0 bridgehead atoms. The number of nitrogens with two attached hydrogens (primary N) is 1. The Morgan fingerprint density at radius 3 is 2.32 bits per heavy atom. The molecule has 1 fully saturated rings. The highest BCUT2D eigenvalue weighted by Gasteiger charge is 2.28. The number of hydrogen-bond donors (Lipinski definition) is 1. The SMILES string of the molecule is CC(C)c1cc(N2CCC(S(N)(=O)=O)CC2)nc(N(C)C)n1. The minimum Gasteiger partial charge on any atom is -0.356 e. The summed E-state index contributed by atoms with van der Waals surface area (Å²) in [6.07, 6.45) is 1.08. The number of aromatic nitrogens is 2. The molecular formula is C14H25N5O2S. The van der Waals surface area contributed by atoms with Crippen molar-refractivity contribution in [3.8, 4) is 0 Å². The summed E-state index contributed by atoms with van der Waals surface area (Å²) in [7, 11) is 0.384. The first-order chi connectivity index (χ1) is 10.2. The second-order valence-corrected chi connectivity index (χ2v) is 8.12. The quantitative estimate of drug-likeness (QED) is 0.884. The smallest absolute Gasteiger partial charge is 0.227 e. The van der Waals surface area contributed by atoms with E-state index in [4.69, 9.17) is 5.14 Å². The molecule has 1 aromatic rings. The predicted octanol–water partition coefficient (Wildman–Crippen LogP) is 0.923. The van der Waals surface area contributed by atoms with E-state index in [9.17, 15) is 8.42 Å². The van der Waals surface area contributed by atoms with Crippen molar-refractivity contribution in [2.45, 2.75) is 37.9 Å². The molecule has 1 saturated heterocycles. The lowest BCUT2D eigenvalue weighted by Crippen LogP contribution is -2.42. The van der Waals surface area contributed by atoms with E-state index < -0.39 is 15.3 Å². The zero-order chi connectivity index (χ0) is 16.5. The molecule has 8 heteroatoms. The number of hydrogen-bond acceptors (Lipinski definition) is 6. The number of primary sulfonamides is 1. The Morgan fingerprint density at radius 1 is 1.27 bits per heavy atom. The molecule has 22 heavy (non-hydrogen) atoms. The normalized spacial score (nSPS) is 17.1. The molecule has 2 rings (SSSR count). The number of rotatable bonds is 4. The summed E-state index contributed by atoms with van der Waals surface area (Å²) in [6, 6.07) is 1.99. The average molecular weight is 327 g/mol. The van der Waals surface area contributed by atoms with E-state index in [-0.39, 0.29) is 0 Å². The fourth-order valence-electron chi connectivity index (χ4n) is 2.51. The maximum Gasteiger partial charge on any atom is 0.227 e. The van der Waals surface area contributed by atoms with Gasteiger partial charge in [-0.15, -0.1) is 0 Å². The van der Waals surface area contributed by atoms with Crippen LogP contribution in [0, 0.1) is 0 Å². The molecule has 2 heterocycles. The van der Waals surface area contributed by atoms with Crippen LogP contribution in [0.3, 0.4) is 0 Å². The molecule has 0 atom stereocenters. The summed E-state index contributed by atoms with van der Waals surface area (Å²) in [5, 5.41) is 4.80. The van der Waals surface area contributed by atoms with Gasteiger partial charge in [-0.1, -0.05) is 13.8 Å². The molecule has 0 aromatic carbocycles. The first-order valence-corrected chi connectivity index (χ1v) is 9.12. The minimum atomic E-state index is -3.44. The first-order valence-electron chi connectivity index (χ1n) is 7.51. The van der Waals surface area contributed by atoms with Gasteiger partial charge in [-0.05, 0) is 18.8 Å². The van der Waals surface area contributed by atoms with Crippen LogP contribution in [-0.2, 0) is 10.0 Å². The number of sulfonamides is 1. The monoisotopic (exact) mass is 327 g/mol. The van der Waals surface area contributed by atoms with Crippen LogP contribution in [0.4, 0.5) is 11.8 Å². The van der Waals surface area contributed by atoms with Crippen molar-refractivity contribution in [3.63, 3.8) is 0 Å². The van der Waals surface area contributed by atoms with Gasteiger partial charge in [0.05, 0.1) is 10.9 Å². The molecule has 0 radical (unpaired) electrons. The molecule has 2 N–H and O–H groups in total. The summed E-state index contributed by atoms with van der Waals surface area (Å²) in [6.45, 7) is 5.47. The molecule has 0 amide bonds. The second-order valence-electron chi connectivity index (χ2n) is 6.28. The zero-order valence-corrected chi connectivity index (χ0v) is 14.5. The molecule has 1 aromatic heterocycles. The van der Waals surface area contributed by atoms with Gasteiger partial charge in [0, 0.05) is 33.3 Å². The first kappa shape index (κ1) is 17.0. The molecule has 0 aliphatic carbocycles. The Kier molecular flexibility index (Phi) is 4.91. The van der Waals surface area contributed by atoms with Gasteiger partial charge in [-0.25, -0.2) is 18.5 Å². The van der Waals surface area contributed by atoms with E-state index in [0.29, 0.717) is 37.8 Å². The molecule has 0 unspecified atom stereocenters. The zero-order valence-electron chi connectivity index (χ0n) is 13.7. The van der Waals surface area contributed by atoms with E-state index in [0.717, 1.165) is 11.5 Å². The van der Waals surface area contributed by atoms with Gasteiger partial charge in [0.2, 0.25) is 16.0 Å². The summed E-state index contributed by atoms with van der Waals surface area (Å²) < 4.78 is 22.9. The Labute approximate surface area is 132 Å². The van der Waals surface area contributed by atoms with Crippen molar-refractivity contribution >= 4 is 21.8 Å². The van der Waals surface area contributed by atoms with Gasteiger partial charge in [-0.2, -0.15) is 4.98 Å². The third kappa shape index (κ3) is 3.86. The van der Waals surface area contributed by atoms with Crippen LogP contribution in [0.15, 0.2) is 6.07 Å². The van der Waals surface area contributed by atoms with E-state index in [1.807, 2.05) is 25.1 Å². The van der Waals surface area contributed by atoms with Crippen LogP contribution < -0.4 is 14.9 Å². The summed E-state index contributed by atoms with van der Waals surface area (Å²) in [4.78, 5) is 13.1. The van der Waals surface area contributed by atoms with Crippen LogP contribution in [0.1, 0.15) is 38.3 Å². The number of anilines is 2. The van der Waals surface area contributed by atoms with Crippen molar-refractivity contribution in [3.05, 3.63) is 11.8 Å². The molecule has 0 saturated carbocycles. The topological polar surface area (TPSA) is 92.4 Å². The van der Waals surface area contributed by atoms with Gasteiger partial charge in [0.15, 0.2) is 0 Å². The van der Waals surface area contributed by atoms with Crippen LogP contribution in [0.25, 0.3) is 0 Å². The van der Waals surface area contributed by atoms with Crippen LogP contribution in [0.5, 0.6) is 0 Å².